The maximum atomic E-state index is 13.4. The van der Waals surface area contributed by atoms with Crippen molar-refractivity contribution < 1.29 is 9.13 Å². The average Bonchev–Trinajstić information content (AvgIpc) is 2.27. The fraction of sp³-hybridized carbons (Fsp3) is 0.500. The standard InChI is InChI=1S/C14H21FN2OS/c1-10(2)18-5-4-17(3)9-11-6-12(14(16)19)8-13(15)7-11/h6-8,10H,4-5,9H2,1-3H3,(H2,16,19). The smallest absolute Gasteiger partial charge is 0.124 e. The van der Waals surface area contributed by atoms with Gasteiger partial charge in [-0.05, 0) is 44.7 Å². The molecule has 3 nitrogen and oxygen atoms in total. The molecule has 106 valence electrons. The number of nitrogens with zero attached hydrogens (tertiary/aromatic N) is 1. The maximum absolute atomic E-state index is 13.4. The van der Waals surface area contributed by atoms with E-state index in [0.717, 1.165) is 12.1 Å². The van der Waals surface area contributed by atoms with Gasteiger partial charge in [-0.3, -0.25) is 4.90 Å². The van der Waals surface area contributed by atoms with Crippen molar-refractivity contribution in [2.75, 3.05) is 20.2 Å². The van der Waals surface area contributed by atoms with E-state index < -0.39 is 0 Å². The van der Waals surface area contributed by atoms with E-state index in [9.17, 15) is 4.39 Å². The lowest BCUT2D eigenvalue weighted by molar-refractivity contribution is 0.0627. The summed E-state index contributed by atoms with van der Waals surface area (Å²) >= 11 is 4.87. The highest BCUT2D eigenvalue weighted by atomic mass is 32.1. The third-order valence-electron chi connectivity index (χ3n) is 2.62. The molecule has 0 heterocycles. The molecule has 1 aromatic carbocycles. The second kappa shape index (κ2) is 7.53. The van der Waals surface area contributed by atoms with Crippen LogP contribution in [0.15, 0.2) is 18.2 Å². The number of ether oxygens (including phenoxy) is 1. The van der Waals surface area contributed by atoms with Crippen LogP contribution in [0, 0.1) is 5.82 Å². The Morgan fingerprint density at radius 2 is 2.11 bits per heavy atom. The van der Waals surface area contributed by atoms with Gasteiger partial charge >= 0.3 is 0 Å². The fourth-order valence-corrected chi connectivity index (χ4v) is 1.84. The SMILES string of the molecule is CC(C)OCCN(C)Cc1cc(F)cc(C(N)=S)c1. The molecule has 0 radical (unpaired) electrons. The third kappa shape index (κ3) is 6.09. The molecule has 0 saturated carbocycles. The first-order chi connectivity index (χ1) is 8.88. The van der Waals surface area contributed by atoms with Crippen molar-refractivity contribution in [2.45, 2.75) is 26.5 Å². The summed E-state index contributed by atoms with van der Waals surface area (Å²) in [6.45, 7) is 6.08. The van der Waals surface area contributed by atoms with Crippen molar-refractivity contribution in [3.63, 3.8) is 0 Å². The molecule has 0 saturated heterocycles. The first-order valence-corrected chi connectivity index (χ1v) is 6.68. The fourth-order valence-electron chi connectivity index (χ4n) is 1.72. The van der Waals surface area contributed by atoms with Crippen molar-refractivity contribution in [2.24, 2.45) is 5.73 Å². The van der Waals surface area contributed by atoms with Crippen LogP contribution < -0.4 is 5.73 Å². The molecule has 0 aliphatic heterocycles. The summed E-state index contributed by atoms with van der Waals surface area (Å²) in [4.78, 5) is 2.28. The van der Waals surface area contributed by atoms with E-state index >= 15 is 0 Å². The van der Waals surface area contributed by atoms with E-state index in [-0.39, 0.29) is 16.9 Å². The van der Waals surface area contributed by atoms with E-state index in [1.807, 2.05) is 27.0 Å². The van der Waals surface area contributed by atoms with Crippen LogP contribution >= 0.6 is 12.2 Å². The number of thiocarbonyl (C=S) groups is 1. The summed E-state index contributed by atoms with van der Waals surface area (Å²) in [6.07, 6.45) is 0.226. The van der Waals surface area contributed by atoms with Gasteiger partial charge in [0, 0.05) is 18.7 Å². The first-order valence-electron chi connectivity index (χ1n) is 6.28. The summed E-state index contributed by atoms with van der Waals surface area (Å²) in [5.41, 5.74) is 6.95. The van der Waals surface area contributed by atoms with Crippen LogP contribution in [0.1, 0.15) is 25.0 Å². The molecular formula is C14H21FN2OS. The van der Waals surface area contributed by atoms with Crippen LogP contribution in [-0.4, -0.2) is 36.2 Å². The second-order valence-corrected chi connectivity index (χ2v) is 5.31. The van der Waals surface area contributed by atoms with E-state index in [1.165, 1.54) is 12.1 Å². The van der Waals surface area contributed by atoms with Crippen LogP contribution in [0.2, 0.25) is 0 Å². The highest BCUT2D eigenvalue weighted by Crippen LogP contribution is 2.11. The Morgan fingerprint density at radius 3 is 2.68 bits per heavy atom. The minimum Gasteiger partial charge on any atom is -0.389 e. The van der Waals surface area contributed by atoms with Crippen LogP contribution in [0.4, 0.5) is 4.39 Å². The summed E-state index contributed by atoms with van der Waals surface area (Å²) in [5.74, 6) is -0.313. The van der Waals surface area contributed by atoms with Gasteiger partial charge in [0.25, 0.3) is 0 Å². The second-order valence-electron chi connectivity index (χ2n) is 4.87. The predicted octanol–water partition coefficient (Wildman–Crippen LogP) is 2.32. The number of likely N-dealkylation sites (N-methyl/N-ethyl adjacent to an activating group) is 1. The lowest BCUT2D eigenvalue weighted by atomic mass is 10.1. The van der Waals surface area contributed by atoms with Gasteiger partial charge < -0.3 is 10.5 Å². The van der Waals surface area contributed by atoms with E-state index in [2.05, 4.69) is 4.90 Å². The number of rotatable bonds is 7. The highest BCUT2D eigenvalue weighted by Gasteiger charge is 2.06. The zero-order valence-electron chi connectivity index (χ0n) is 11.6. The van der Waals surface area contributed by atoms with Crippen molar-refractivity contribution >= 4 is 17.2 Å². The summed E-state index contributed by atoms with van der Waals surface area (Å²) in [6, 6.07) is 4.68. The van der Waals surface area contributed by atoms with Crippen molar-refractivity contribution in [1.29, 1.82) is 0 Å². The Kier molecular flexibility index (Phi) is 6.34. The third-order valence-corrected chi connectivity index (χ3v) is 2.85. The van der Waals surface area contributed by atoms with Gasteiger partial charge in [-0.1, -0.05) is 12.2 Å². The van der Waals surface area contributed by atoms with Crippen LogP contribution in [0.3, 0.4) is 0 Å². The molecule has 1 rings (SSSR count). The van der Waals surface area contributed by atoms with Crippen molar-refractivity contribution in [1.82, 2.24) is 4.90 Å². The molecule has 19 heavy (non-hydrogen) atoms. The van der Waals surface area contributed by atoms with Gasteiger partial charge in [0.05, 0.1) is 12.7 Å². The number of benzene rings is 1. The van der Waals surface area contributed by atoms with Gasteiger partial charge in [-0.15, -0.1) is 0 Å². The minimum absolute atomic E-state index is 0.214. The Bertz CT molecular complexity index is 437. The molecular weight excluding hydrogens is 263 g/mol. The van der Waals surface area contributed by atoms with E-state index in [1.54, 1.807) is 0 Å². The maximum Gasteiger partial charge on any atom is 0.124 e. The van der Waals surface area contributed by atoms with Crippen molar-refractivity contribution in [3.05, 3.63) is 35.1 Å². The Balaban J connectivity index is 2.58. The number of nitrogens with two attached hydrogens (primary N) is 1. The van der Waals surface area contributed by atoms with Gasteiger partial charge in [-0.2, -0.15) is 0 Å². The Labute approximate surface area is 119 Å². The molecule has 0 aliphatic carbocycles. The molecule has 0 amide bonds. The molecule has 5 heteroatoms. The molecule has 0 aromatic heterocycles. The summed E-state index contributed by atoms with van der Waals surface area (Å²) in [7, 11) is 1.97. The lowest BCUT2D eigenvalue weighted by Gasteiger charge is -2.18. The largest absolute Gasteiger partial charge is 0.389 e. The normalized spacial score (nSPS) is 11.3. The monoisotopic (exact) mass is 284 g/mol. The highest BCUT2D eigenvalue weighted by molar-refractivity contribution is 7.80. The molecule has 0 unspecified atom stereocenters. The zero-order chi connectivity index (χ0) is 14.4. The first kappa shape index (κ1) is 16.0. The van der Waals surface area contributed by atoms with Gasteiger partial charge in [0.15, 0.2) is 0 Å². The molecule has 1 aromatic rings. The molecule has 0 spiro atoms. The van der Waals surface area contributed by atoms with Crippen LogP contribution in [-0.2, 0) is 11.3 Å². The summed E-state index contributed by atoms with van der Waals surface area (Å²) in [5, 5.41) is 0. The van der Waals surface area contributed by atoms with E-state index in [0.29, 0.717) is 18.7 Å². The number of hydrogen-bond acceptors (Lipinski definition) is 3. The predicted molar refractivity (Wildman–Crippen MR) is 79.7 cm³/mol. The minimum atomic E-state index is -0.313. The molecule has 2 N–H and O–H groups in total. The number of hydrogen-bond donors (Lipinski definition) is 1. The Morgan fingerprint density at radius 1 is 1.42 bits per heavy atom. The zero-order valence-corrected chi connectivity index (χ0v) is 12.5. The van der Waals surface area contributed by atoms with E-state index in [4.69, 9.17) is 22.7 Å². The van der Waals surface area contributed by atoms with Gasteiger partial charge in [0.2, 0.25) is 0 Å². The summed E-state index contributed by atoms with van der Waals surface area (Å²) < 4.78 is 18.9. The van der Waals surface area contributed by atoms with Crippen LogP contribution in [0.5, 0.6) is 0 Å². The molecule has 0 bridgehead atoms. The van der Waals surface area contributed by atoms with Crippen LogP contribution in [0.25, 0.3) is 0 Å². The molecule has 0 aliphatic rings. The lowest BCUT2D eigenvalue weighted by Crippen LogP contribution is -2.24. The topological polar surface area (TPSA) is 38.5 Å². The Hall–Kier alpha value is -1.04. The molecule has 0 fully saturated rings. The quantitative estimate of drug-likeness (QED) is 0.780. The van der Waals surface area contributed by atoms with Crippen molar-refractivity contribution in [3.8, 4) is 0 Å². The van der Waals surface area contributed by atoms with Gasteiger partial charge in [-0.25, -0.2) is 4.39 Å². The van der Waals surface area contributed by atoms with Gasteiger partial charge in [0.1, 0.15) is 10.8 Å². The average molecular weight is 284 g/mol. The number of halogens is 1. The molecule has 0 atom stereocenters.